The molecule has 0 spiro atoms. The lowest BCUT2D eigenvalue weighted by Gasteiger charge is -2.15. The molecule has 0 atom stereocenters. The van der Waals surface area contributed by atoms with Gasteiger partial charge in [0.15, 0.2) is 0 Å². The number of anilines is 2. The maximum Gasteiger partial charge on any atom is 0.122 e. The fourth-order valence-electron chi connectivity index (χ4n) is 2.16. The molecule has 0 radical (unpaired) electrons. The second kappa shape index (κ2) is 6.48. The molecule has 2 aromatic rings. The largest absolute Gasteiger partial charge is 0.388 e. The van der Waals surface area contributed by atoms with Gasteiger partial charge in [0.1, 0.15) is 4.99 Å². The average Bonchev–Trinajstić information content (AvgIpc) is 2.48. The molecule has 3 nitrogen and oxygen atoms in total. The Bertz CT molecular complexity index is 583. The number of benzene rings is 1. The summed E-state index contributed by atoms with van der Waals surface area (Å²) in [5.74, 6) is 0. The van der Waals surface area contributed by atoms with Gasteiger partial charge in [0.05, 0.1) is 17.6 Å². The minimum atomic E-state index is 0.319. The van der Waals surface area contributed by atoms with Crippen LogP contribution < -0.4 is 11.1 Å². The molecule has 1 heterocycles. The van der Waals surface area contributed by atoms with Gasteiger partial charge >= 0.3 is 0 Å². The molecule has 1 aromatic carbocycles. The first-order valence-corrected chi connectivity index (χ1v) is 7.20. The van der Waals surface area contributed by atoms with Crippen LogP contribution in [0.4, 0.5) is 11.4 Å². The molecule has 20 heavy (non-hydrogen) atoms. The highest BCUT2D eigenvalue weighted by Gasteiger charge is 2.07. The Labute approximate surface area is 125 Å². The third-order valence-corrected chi connectivity index (χ3v) is 3.49. The average molecular weight is 285 g/mol. The Hall–Kier alpha value is -1.94. The molecular weight excluding hydrogens is 266 g/mol. The lowest BCUT2D eigenvalue weighted by molar-refractivity contribution is 1.09. The minimum Gasteiger partial charge on any atom is -0.388 e. The quantitative estimate of drug-likeness (QED) is 0.824. The second-order valence-electron chi connectivity index (χ2n) is 4.58. The summed E-state index contributed by atoms with van der Waals surface area (Å²) < 4.78 is 0. The summed E-state index contributed by atoms with van der Waals surface area (Å²) in [5, 5.41) is 3.46. The van der Waals surface area contributed by atoms with Gasteiger partial charge in [-0.15, -0.1) is 0 Å². The molecule has 104 valence electrons. The molecule has 0 amide bonds. The summed E-state index contributed by atoms with van der Waals surface area (Å²) >= 11 is 4.91. The van der Waals surface area contributed by atoms with Crippen molar-refractivity contribution in [1.29, 1.82) is 0 Å². The smallest absolute Gasteiger partial charge is 0.122 e. The van der Waals surface area contributed by atoms with E-state index in [4.69, 9.17) is 18.0 Å². The zero-order chi connectivity index (χ0) is 14.5. The van der Waals surface area contributed by atoms with E-state index in [9.17, 15) is 0 Å². The summed E-state index contributed by atoms with van der Waals surface area (Å²) in [6.07, 6.45) is 3.75. The van der Waals surface area contributed by atoms with Gasteiger partial charge < -0.3 is 11.1 Å². The predicted molar refractivity (Wildman–Crippen MR) is 88.6 cm³/mol. The first-order chi connectivity index (χ1) is 9.65. The Balaban J connectivity index is 2.31. The summed E-state index contributed by atoms with van der Waals surface area (Å²) in [4.78, 5) is 4.58. The number of aryl methyl sites for hydroxylation is 2. The number of rotatable bonds is 5. The molecule has 2 rings (SSSR count). The molecule has 4 heteroatoms. The van der Waals surface area contributed by atoms with Crippen LogP contribution in [-0.2, 0) is 12.8 Å². The monoisotopic (exact) mass is 285 g/mol. The molecule has 0 aliphatic rings. The molecular formula is C16H19N3S. The van der Waals surface area contributed by atoms with Crippen molar-refractivity contribution in [3.63, 3.8) is 0 Å². The van der Waals surface area contributed by atoms with Gasteiger partial charge in [-0.1, -0.05) is 44.3 Å². The molecule has 0 unspecified atom stereocenters. The topological polar surface area (TPSA) is 50.9 Å². The highest BCUT2D eigenvalue weighted by molar-refractivity contribution is 7.80. The van der Waals surface area contributed by atoms with E-state index in [1.807, 2.05) is 12.1 Å². The molecule has 0 saturated heterocycles. The predicted octanol–water partition coefficient (Wildman–Crippen LogP) is 3.58. The minimum absolute atomic E-state index is 0.319. The molecule has 0 fully saturated rings. The fourth-order valence-corrected chi connectivity index (χ4v) is 2.28. The number of nitrogens with zero attached hydrogens (tertiary/aromatic N) is 1. The van der Waals surface area contributed by atoms with Crippen molar-refractivity contribution in [3.8, 4) is 0 Å². The Morgan fingerprint density at radius 2 is 1.80 bits per heavy atom. The Kier molecular flexibility index (Phi) is 4.69. The van der Waals surface area contributed by atoms with Crippen LogP contribution in [0.15, 0.2) is 36.5 Å². The van der Waals surface area contributed by atoms with Crippen molar-refractivity contribution < 1.29 is 0 Å². The maximum absolute atomic E-state index is 5.56. The number of thiocarbonyl (C=S) groups is 1. The molecule has 1 aromatic heterocycles. The normalized spacial score (nSPS) is 10.3. The van der Waals surface area contributed by atoms with Crippen LogP contribution in [0.1, 0.15) is 30.7 Å². The number of aromatic nitrogens is 1. The zero-order valence-corrected chi connectivity index (χ0v) is 12.6. The van der Waals surface area contributed by atoms with E-state index in [1.54, 1.807) is 6.20 Å². The first-order valence-electron chi connectivity index (χ1n) is 6.79. The van der Waals surface area contributed by atoms with Crippen molar-refractivity contribution in [1.82, 2.24) is 4.98 Å². The van der Waals surface area contributed by atoms with E-state index in [1.165, 1.54) is 16.8 Å². The van der Waals surface area contributed by atoms with Gasteiger partial charge in [0, 0.05) is 5.69 Å². The van der Waals surface area contributed by atoms with E-state index in [-0.39, 0.29) is 0 Å². The molecule has 0 bridgehead atoms. The highest BCUT2D eigenvalue weighted by Crippen LogP contribution is 2.26. The number of hydrogen-bond donors (Lipinski definition) is 2. The second-order valence-corrected chi connectivity index (χ2v) is 5.02. The van der Waals surface area contributed by atoms with Crippen LogP contribution >= 0.6 is 12.2 Å². The number of nitrogens with two attached hydrogens (primary N) is 1. The Morgan fingerprint density at radius 1 is 1.15 bits per heavy atom. The van der Waals surface area contributed by atoms with Crippen molar-refractivity contribution in [2.75, 3.05) is 5.32 Å². The van der Waals surface area contributed by atoms with Gasteiger partial charge in [0.2, 0.25) is 0 Å². The van der Waals surface area contributed by atoms with Crippen LogP contribution in [-0.4, -0.2) is 9.97 Å². The maximum atomic E-state index is 5.56. The molecule has 0 aliphatic heterocycles. The van der Waals surface area contributed by atoms with Crippen LogP contribution in [0.25, 0.3) is 0 Å². The van der Waals surface area contributed by atoms with Crippen molar-refractivity contribution in [3.05, 3.63) is 53.3 Å². The number of hydrogen-bond acceptors (Lipinski definition) is 3. The third-order valence-electron chi connectivity index (χ3n) is 3.28. The number of pyridine rings is 1. The van der Waals surface area contributed by atoms with E-state index >= 15 is 0 Å². The fraction of sp³-hybridized carbons (Fsp3) is 0.250. The number of para-hydroxylation sites is 1. The van der Waals surface area contributed by atoms with Crippen molar-refractivity contribution >= 4 is 28.6 Å². The summed E-state index contributed by atoms with van der Waals surface area (Å²) in [6, 6.07) is 10.2. The van der Waals surface area contributed by atoms with Gasteiger partial charge in [0.25, 0.3) is 0 Å². The van der Waals surface area contributed by atoms with Crippen LogP contribution in [0.5, 0.6) is 0 Å². The van der Waals surface area contributed by atoms with E-state index < -0.39 is 0 Å². The summed E-state index contributed by atoms with van der Waals surface area (Å²) in [7, 11) is 0. The van der Waals surface area contributed by atoms with Gasteiger partial charge in [-0.25, -0.2) is 0 Å². The summed E-state index contributed by atoms with van der Waals surface area (Å²) in [5.41, 5.74) is 10.9. The number of nitrogens with one attached hydrogen (secondary N) is 1. The van der Waals surface area contributed by atoms with E-state index in [0.29, 0.717) is 10.7 Å². The molecule has 0 aliphatic carbocycles. The van der Waals surface area contributed by atoms with E-state index in [2.05, 4.69) is 42.3 Å². The van der Waals surface area contributed by atoms with E-state index in [0.717, 1.165) is 18.5 Å². The third kappa shape index (κ3) is 3.14. The lowest BCUT2D eigenvalue weighted by Crippen LogP contribution is -2.11. The highest BCUT2D eigenvalue weighted by atomic mass is 32.1. The van der Waals surface area contributed by atoms with Crippen LogP contribution in [0, 0.1) is 0 Å². The zero-order valence-electron chi connectivity index (χ0n) is 11.8. The molecule has 0 saturated carbocycles. The van der Waals surface area contributed by atoms with Gasteiger partial charge in [-0.2, -0.15) is 0 Å². The standard InChI is InChI=1S/C16H19N3S/c1-3-11-6-5-7-12(4-2)15(11)19-13-8-9-14(16(17)20)18-10-13/h5-10,19H,3-4H2,1-2H3,(H2,17,20). The summed E-state index contributed by atoms with van der Waals surface area (Å²) in [6.45, 7) is 4.32. The Morgan fingerprint density at radius 3 is 2.25 bits per heavy atom. The lowest BCUT2D eigenvalue weighted by atomic mass is 10.0. The van der Waals surface area contributed by atoms with Gasteiger partial charge in [-0.3, -0.25) is 4.98 Å². The first kappa shape index (κ1) is 14.5. The van der Waals surface area contributed by atoms with Gasteiger partial charge in [-0.05, 0) is 36.1 Å². The van der Waals surface area contributed by atoms with Crippen LogP contribution in [0.3, 0.4) is 0 Å². The van der Waals surface area contributed by atoms with Crippen molar-refractivity contribution in [2.24, 2.45) is 5.73 Å². The molecule has 3 N–H and O–H groups in total. The SMILES string of the molecule is CCc1cccc(CC)c1Nc1ccc(C(N)=S)nc1. The van der Waals surface area contributed by atoms with Crippen molar-refractivity contribution in [2.45, 2.75) is 26.7 Å². The van der Waals surface area contributed by atoms with Crippen LogP contribution in [0.2, 0.25) is 0 Å².